The van der Waals surface area contributed by atoms with Crippen LogP contribution in [0.15, 0.2) is 40.9 Å². The van der Waals surface area contributed by atoms with Crippen LogP contribution >= 0.6 is 11.6 Å². The zero-order valence-electron chi connectivity index (χ0n) is 11.4. The van der Waals surface area contributed by atoms with Gasteiger partial charge in [0, 0.05) is 22.3 Å². The van der Waals surface area contributed by atoms with Gasteiger partial charge in [-0.25, -0.2) is 5.84 Å². The van der Waals surface area contributed by atoms with Crippen LogP contribution in [0.4, 0.5) is 0 Å². The average molecular weight is 304 g/mol. The SMILES string of the molecule is Cc1oc(C(=O)NN)cc1Cn1ccc2ccc(Cl)cc21. The summed E-state index contributed by atoms with van der Waals surface area (Å²) in [6.45, 7) is 2.42. The summed E-state index contributed by atoms with van der Waals surface area (Å²) in [7, 11) is 0. The number of aromatic nitrogens is 1. The second-order valence-corrected chi connectivity index (χ2v) is 5.25. The lowest BCUT2D eigenvalue weighted by atomic mass is 10.2. The van der Waals surface area contributed by atoms with Gasteiger partial charge in [-0.05, 0) is 36.6 Å². The fourth-order valence-corrected chi connectivity index (χ4v) is 2.50. The highest BCUT2D eigenvalue weighted by atomic mass is 35.5. The summed E-state index contributed by atoms with van der Waals surface area (Å²) in [6, 6.07) is 9.48. The molecule has 6 heteroatoms. The van der Waals surface area contributed by atoms with Gasteiger partial charge in [-0.2, -0.15) is 0 Å². The van der Waals surface area contributed by atoms with Crippen LogP contribution in [0.2, 0.25) is 5.02 Å². The third-order valence-corrected chi connectivity index (χ3v) is 3.69. The number of hydrogen-bond acceptors (Lipinski definition) is 3. The maximum absolute atomic E-state index is 11.5. The van der Waals surface area contributed by atoms with Crippen molar-refractivity contribution in [3.05, 3.63) is 58.6 Å². The highest BCUT2D eigenvalue weighted by Gasteiger charge is 2.14. The number of furan rings is 1. The number of fused-ring (bicyclic) bond motifs is 1. The number of nitrogens with zero attached hydrogens (tertiary/aromatic N) is 1. The molecule has 0 aliphatic rings. The van der Waals surface area contributed by atoms with Crippen molar-refractivity contribution in [2.24, 2.45) is 5.84 Å². The first-order chi connectivity index (χ1) is 10.1. The van der Waals surface area contributed by atoms with E-state index in [0.717, 1.165) is 16.5 Å². The number of nitrogen functional groups attached to an aromatic ring is 1. The monoisotopic (exact) mass is 303 g/mol. The van der Waals surface area contributed by atoms with Gasteiger partial charge in [-0.3, -0.25) is 10.2 Å². The maximum atomic E-state index is 11.5. The average Bonchev–Trinajstić information content (AvgIpc) is 3.03. The minimum Gasteiger partial charge on any atom is -0.456 e. The molecule has 1 amide bonds. The molecule has 108 valence electrons. The summed E-state index contributed by atoms with van der Waals surface area (Å²) in [6.07, 6.45) is 1.98. The van der Waals surface area contributed by atoms with E-state index in [0.29, 0.717) is 17.3 Å². The minimum absolute atomic E-state index is 0.208. The third kappa shape index (κ3) is 2.53. The Hall–Kier alpha value is -2.24. The van der Waals surface area contributed by atoms with Gasteiger partial charge < -0.3 is 8.98 Å². The lowest BCUT2D eigenvalue weighted by molar-refractivity contribution is 0.0924. The Morgan fingerprint density at radius 1 is 1.38 bits per heavy atom. The summed E-state index contributed by atoms with van der Waals surface area (Å²) >= 11 is 6.05. The molecule has 0 unspecified atom stereocenters. The maximum Gasteiger partial charge on any atom is 0.300 e. The molecule has 3 rings (SSSR count). The van der Waals surface area contributed by atoms with Crippen LogP contribution in [0.3, 0.4) is 0 Å². The van der Waals surface area contributed by atoms with E-state index in [4.69, 9.17) is 21.9 Å². The highest BCUT2D eigenvalue weighted by Crippen LogP contribution is 2.23. The lowest BCUT2D eigenvalue weighted by Crippen LogP contribution is -2.29. The highest BCUT2D eigenvalue weighted by molar-refractivity contribution is 6.31. The Bertz CT molecular complexity index is 820. The molecular weight excluding hydrogens is 290 g/mol. The third-order valence-electron chi connectivity index (χ3n) is 3.45. The van der Waals surface area contributed by atoms with E-state index < -0.39 is 5.91 Å². The summed E-state index contributed by atoms with van der Waals surface area (Å²) in [4.78, 5) is 11.5. The molecule has 0 bridgehead atoms. The molecule has 0 saturated carbocycles. The van der Waals surface area contributed by atoms with Gasteiger partial charge in [0.2, 0.25) is 0 Å². The van der Waals surface area contributed by atoms with Crippen molar-refractivity contribution >= 4 is 28.4 Å². The summed E-state index contributed by atoms with van der Waals surface area (Å²) in [5.41, 5.74) is 4.02. The van der Waals surface area contributed by atoms with Crippen molar-refractivity contribution in [2.75, 3.05) is 0 Å². The molecule has 3 N–H and O–H groups in total. The number of halogens is 1. The molecule has 0 radical (unpaired) electrons. The number of rotatable bonds is 3. The predicted molar refractivity (Wildman–Crippen MR) is 81.1 cm³/mol. The van der Waals surface area contributed by atoms with Crippen molar-refractivity contribution in [3.63, 3.8) is 0 Å². The number of carbonyl (C=O) groups is 1. The normalized spacial score (nSPS) is 11.0. The Kier molecular flexibility index (Phi) is 3.45. The van der Waals surface area contributed by atoms with Crippen molar-refractivity contribution in [2.45, 2.75) is 13.5 Å². The number of benzene rings is 1. The molecule has 21 heavy (non-hydrogen) atoms. The van der Waals surface area contributed by atoms with Crippen LogP contribution in [0.1, 0.15) is 21.9 Å². The van der Waals surface area contributed by atoms with E-state index in [1.54, 1.807) is 6.07 Å². The van der Waals surface area contributed by atoms with Crippen molar-refractivity contribution in [3.8, 4) is 0 Å². The summed E-state index contributed by atoms with van der Waals surface area (Å²) < 4.78 is 7.48. The zero-order valence-corrected chi connectivity index (χ0v) is 12.1. The Morgan fingerprint density at radius 3 is 2.95 bits per heavy atom. The van der Waals surface area contributed by atoms with Crippen LogP contribution in [0, 0.1) is 6.92 Å². The van der Waals surface area contributed by atoms with Crippen molar-refractivity contribution in [1.29, 1.82) is 0 Å². The zero-order chi connectivity index (χ0) is 15.0. The topological polar surface area (TPSA) is 73.2 Å². The van der Waals surface area contributed by atoms with Gasteiger partial charge in [-0.15, -0.1) is 0 Å². The first kappa shape index (κ1) is 13.7. The molecule has 2 heterocycles. The van der Waals surface area contributed by atoms with Crippen molar-refractivity contribution < 1.29 is 9.21 Å². The van der Waals surface area contributed by atoms with Crippen LogP contribution in [0.25, 0.3) is 10.9 Å². The number of aryl methyl sites for hydroxylation is 1. The van der Waals surface area contributed by atoms with Crippen LogP contribution in [-0.2, 0) is 6.54 Å². The molecule has 0 aliphatic heterocycles. The van der Waals surface area contributed by atoms with Crippen LogP contribution in [0.5, 0.6) is 0 Å². The van der Waals surface area contributed by atoms with Gasteiger partial charge in [0.25, 0.3) is 0 Å². The quantitative estimate of drug-likeness (QED) is 0.444. The number of amides is 1. The Labute approximate surface area is 126 Å². The molecule has 5 nitrogen and oxygen atoms in total. The standard InChI is InChI=1S/C15H14ClN3O2/c1-9-11(6-14(21-9)15(20)18-17)8-19-5-4-10-2-3-12(16)7-13(10)19/h2-7H,8,17H2,1H3,(H,18,20). The van der Waals surface area contributed by atoms with Gasteiger partial charge in [-0.1, -0.05) is 17.7 Å². The number of nitrogens with two attached hydrogens (primary N) is 1. The number of nitrogens with one attached hydrogen (secondary N) is 1. The molecule has 0 fully saturated rings. The van der Waals surface area contributed by atoms with E-state index in [1.165, 1.54) is 0 Å². The number of carbonyl (C=O) groups excluding carboxylic acids is 1. The second kappa shape index (κ2) is 5.27. The van der Waals surface area contributed by atoms with Crippen LogP contribution in [-0.4, -0.2) is 10.5 Å². The first-order valence-corrected chi connectivity index (χ1v) is 6.81. The van der Waals surface area contributed by atoms with E-state index in [9.17, 15) is 4.79 Å². The lowest BCUT2D eigenvalue weighted by Gasteiger charge is -2.04. The molecule has 0 spiro atoms. The largest absolute Gasteiger partial charge is 0.456 e. The summed E-state index contributed by atoms with van der Waals surface area (Å²) in [5, 5.41) is 1.80. The van der Waals surface area contributed by atoms with Gasteiger partial charge in [0.15, 0.2) is 5.76 Å². The molecule has 0 atom stereocenters. The molecule has 2 aromatic heterocycles. The number of hydrogen-bond donors (Lipinski definition) is 2. The van der Waals surface area contributed by atoms with Gasteiger partial charge >= 0.3 is 5.91 Å². The van der Waals surface area contributed by atoms with Crippen LogP contribution < -0.4 is 11.3 Å². The Balaban J connectivity index is 1.97. The first-order valence-electron chi connectivity index (χ1n) is 6.43. The Morgan fingerprint density at radius 2 is 2.19 bits per heavy atom. The number of hydrazine groups is 1. The fraction of sp³-hybridized carbons (Fsp3) is 0.133. The van der Waals surface area contributed by atoms with E-state index in [-0.39, 0.29) is 5.76 Å². The molecule has 1 aromatic carbocycles. The minimum atomic E-state index is -0.440. The summed E-state index contributed by atoms with van der Waals surface area (Å²) in [5.74, 6) is 5.57. The predicted octanol–water partition coefficient (Wildman–Crippen LogP) is 2.85. The molecular formula is C15H14ClN3O2. The van der Waals surface area contributed by atoms with Crippen molar-refractivity contribution in [1.82, 2.24) is 9.99 Å². The van der Waals surface area contributed by atoms with Gasteiger partial charge in [0.05, 0.1) is 6.54 Å². The van der Waals surface area contributed by atoms with E-state index in [1.807, 2.05) is 37.4 Å². The molecule has 0 aliphatic carbocycles. The fourth-order valence-electron chi connectivity index (χ4n) is 2.34. The van der Waals surface area contributed by atoms with E-state index in [2.05, 4.69) is 9.99 Å². The molecule has 0 saturated heterocycles. The second-order valence-electron chi connectivity index (χ2n) is 4.81. The van der Waals surface area contributed by atoms with E-state index >= 15 is 0 Å². The molecule has 3 aromatic rings. The van der Waals surface area contributed by atoms with Gasteiger partial charge in [0.1, 0.15) is 5.76 Å². The smallest absolute Gasteiger partial charge is 0.300 e.